The van der Waals surface area contributed by atoms with Gasteiger partial charge in [-0.15, -0.1) is 0 Å². The molecule has 3 N–H and O–H groups in total. The number of hydrogen-bond acceptors (Lipinski definition) is 3. The van der Waals surface area contributed by atoms with Crippen molar-refractivity contribution in [2.45, 2.75) is 45.8 Å². The summed E-state index contributed by atoms with van der Waals surface area (Å²) >= 11 is 6.26. The van der Waals surface area contributed by atoms with E-state index in [0.29, 0.717) is 23.8 Å². The number of halogens is 1. The third-order valence-corrected chi connectivity index (χ3v) is 5.41. The Morgan fingerprint density at radius 1 is 1.48 bits per heavy atom. The molecule has 1 heterocycles. The smallest absolute Gasteiger partial charge is 0.435 e. The first-order valence-electron chi connectivity index (χ1n) is 7.95. The summed E-state index contributed by atoms with van der Waals surface area (Å²) in [6.07, 6.45) is -0.741. The maximum atomic E-state index is 12.0. The molecule has 1 amide bonds. The lowest BCUT2D eigenvalue weighted by Crippen LogP contribution is -2.73. The van der Waals surface area contributed by atoms with Gasteiger partial charge >= 0.3 is 6.09 Å². The number of anilines is 1. The van der Waals surface area contributed by atoms with Crippen LogP contribution in [0.3, 0.4) is 0 Å². The van der Waals surface area contributed by atoms with E-state index in [1.54, 1.807) is 6.07 Å². The monoisotopic (exact) mass is 340 g/mol. The lowest BCUT2D eigenvalue weighted by atomic mass is 9.95. The molecule has 0 bridgehead atoms. The third-order valence-electron chi connectivity index (χ3n) is 5.05. The molecule has 0 aromatic heterocycles. The van der Waals surface area contributed by atoms with E-state index in [-0.39, 0.29) is 16.1 Å². The molecule has 1 aromatic carbocycles. The van der Waals surface area contributed by atoms with Crippen LogP contribution >= 0.6 is 11.6 Å². The minimum Gasteiger partial charge on any atom is -0.435 e. The Kier molecular flexibility index (Phi) is 4.95. The highest BCUT2D eigenvalue weighted by atomic mass is 35.5. The molecular formula is C17H27ClN3O2+. The summed E-state index contributed by atoms with van der Waals surface area (Å²) in [7, 11) is 0. The van der Waals surface area contributed by atoms with Gasteiger partial charge in [0, 0.05) is 23.8 Å². The third kappa shape index (κ3) is 3.32. The lowest BCUT2D eigenvalue weighted by Gasteiger charge is -2.52. The summed E-state index contributed by atoms with van der Waals surface area (Å²) in [5.41, 5.74) is 7.08. The molecule has 1 unspecified atom stereocenters. The maximum Gasteiger partial charge on any atom is 0.514 e. The molecule has 23 heavy (non-hydrogen) atoms. The molecule has 0 aliphatic carbocycles. The molecule has 0 saturated carbocycles. The molecule has 1 aliphatic heterocycles. The average Bonchev–Trinajstić information content (AvgIpc) is 2.40. The zero-order valence-corrected chi connectivity index (χ0v) is 15.1. The van der Waals surface area contributed by atoms with E-state index in [4.69, 9.17) is 17.3 Å². The molecule has 2 rings (SSSR count). The summed E-state index contributed by atoms with van der Waals surface area (Å²) < 4.78 is 0.0962. The molecule has 6 heteroatoms. The van der Waals surface area contributed by atoms with E-state index < -0.39 is 6.09 Å². The van der Waals surface area contributed by atoms with Crippen molar-refractivity contribution in [3.8, 4) is 0 Å². The second kappa shape index (κ2) is 6.30. The number of carbonyl (C=O) groups is 1. The van der Waals surface area contributed by atoms with Gasteiger partial charge < -0.3 is 10.8 Å². The zero-order chi connectivity index (χ0) is 17.4. The number of nitrogens with zero attached hydrogens (tertiary/aromatic N) is 2. The predicted molar refractivity (Wildman–Crippen MR) is 93.5 cm³/mol. The van der Waals surface area contributed by atoms with Crippen LogP contribution in [0.25, 0.3) is 0 Å². The van der Waals surface area contributed by atoms with Crippen LogP contribution < -0.4 is 5.73 Å². The molecule has 1 aromatic rings. The Labute approximate surface area is 143 Å². The van der Waals surface area contributed by atoms with E-state index in [9.17, 15) is 9.90 Å². The first kappa shape index (κ1) is 18.0. The van der Waals surface area contributed by atoms with Gasteiger partial charge in [0.1, 0.15) is 18.1 Å². The summed E-state index contributed by atoms with van der Waals surface area (Å²) in [5.74, 6) is 0. The van der Waals surface area contributed by atoms with Gasteiger partial charge in [0.05, 0.1) is 6.54 Å². The molecule has 0 radical (unpaired) electrons. The maximum absolute atomic E-state index is 12.0. The molecule has 128 valence electrons. The SMILES string of the molecule is C[C@H]1CN(Cc2ccc(N)cc2Cl)CC[N+]1(C(=O)O)C(C)(C)C. The van der Waals surface area contributed by atoms with Crippen molar-refractivity contribution < 1.29 is 14.4 Å². The van der Waals surface area contributed by atoms with Crippen LogP contribution in [0.1, 0.15) is 33.3 Å². The second-order valence-electron chi connectivity index (χ2n) is 7.48. The van der Waals surface area contributed by atoms with Gasteiger partial charge in [0.2, 0.25) is 0 Å². The fourth-order valence-corrected chi connectivity index (χ4v) is 4.02. The highest BCUT2D eigenvalue weighted by Crippen LogP contribution is 2.33. The van der Waals surface area contributed by atoms with Crippen LogP contribution in [0.5, 0.6) is 0 Å². The van der Waals surface area contributed by atoms with E-state index in [1.807, 2.05) is 39.8 Å². The normalized spacial score (nSPS) is 26.2. The van der Waals surface area contributed by atoms with Crippen molar-refractivity contribution in [3.63, 3.8) is 0 Å². The van der Waals surface area contributed by atoms with E-state index in [1.165, 1.54) is 0 Å². The number of hydrogen-bond donors (Lipinski definition) is 2. The summed E-state index contributed by atoms with van der Waals surface area (Å²) in [4.78, 5) is 14.3. The van der Waals surface area contributed by atoms with Crippen LogP contribution in [0.4, 0.5) is 10.5 Å². The van der Waals surface area contributed by atoms with Gasteiger partial charge in [-0.05, 0) is 45.4 Å². The number of amides is 1. The van der Waals surface area contributed by atoms with Gasteiger partial charge in [-0.2, -0.15) is 4.79 Å². The molecule has 1 saturated heterocycles. The quantitative estimate of drug-likeness (QED) is 0.639. The van der Waals surface area contributed by atoms with Crippen molar-refractivity contribution in [3.05, 3.63) is 28.8 Å². The summed E-state index contributed by atoms with van der Waals surface area (Å²) in [5, 5.41) is 10.5. The van der Waals surface area contributed by atoms with Crippen molar-refractivity contribution in [1.29, 1.82) is 0 Å². The summed E-state index contributed by atoms with van der Waals surface area (Å²) in [6, 6.07) is 5.56. The molecule has 2 atom stereocenters. The van der Waals surface area contributed by atoms with Crippen LogP contribution in [0.15, 0.2) is 18.2 Å². The van der Waals surface area contributed by atoms with Crippen LogP contribution in [0.2, 0.25) is 5.02 Å². The Morgan fingerprint density at radius 3 is 2.61 bits per heavy atom. The van der Waals surface area contributed by atoms with E-state index >= 15 is 0 Å². The minimum atomic E-state index is -0.741. The van der Waals surface area contributed by atoms with Gasteiger partial charge in [0.15, 0.2) is 0 Å². The highest BCUT2D eigenvalue weighted by Gasteiger charge is 2.54. The van der Waals surface area contributed by atoms with E-state index in [2.05, 4.69) is 4.90 Å². The van der Waals surface area contributed by atoms with Crippen molar-refractivity contribution >= 4 is 23.4 Å². The number of benzene rings is 1. The van der Waals surface area contributed by atoms with Crippen LogP contribution in [-0.2, 0) is 6.54 Å². The molecule has 1 fully saturated rings. The zero-order valence-electron chi connectivity index (χ0n) is 14.3. The topological polar surface area (TPSA) is 66.6 Å². The lowest BCUT2D eigenvalue weighted by molar-refractivity contribution is -0.929. The molecule has 1 aliphatic rings. The second-order valence-corrected chi connectivity index (χ2v) is 7.89. The number of nitrogen functional groups attached to an aromatic ring is 1. The Balaban J connectivity index is 2.16. The Hall–Kier alpha value is -1.30. The number of carboxylic acid groups (broad SMARTS) is 1. The van der Waals surface area contributed by atoms with Crippen molar-refractivity contribution in [2.24, 2.45) is 0 Å². The van der Waals surface area contributed by atoms with Crippen molar-refractivity contribution in [2.75, 3.05) is 25.4 Å². The molecular weight excluding hydrogens is 314 g/mol. The number of quaternary nitrogens is 1. The minimum absolute atomic E-state index is 0.00815. The molecule has 5 nitrogen and oxygen atoms in total. The fourth-order valence-electron chi connectivity index (χ4n) is 3.77. The number of nitrogens with two attached hydrogens (primary N) is 1. The largest absolute Gasteiger partial charge is 0.514 e. The van der Waals surface area contributed by atoms with Gasteiger partial charge in [-0.3, -0.25) is 4.90 Å². The van der Waals surface area contributed by atoms with Crippen LogP contribution in [-0.4, -0.2) is 51.8 Å². The van der Waals surface area contributed by atoms with E-state index in [0.717, 1.165) is 18.7 Å². The van der Waals surface area contributed by atoms with Gasteiger partial charge in [-0.1, -0.05) is 17.7 Å². The van der Waals surface area contributed by atoms with Crippen molar-refractivity contribution in [1.82, 2.24) is 4.90 Å². The van der Waals surface area contributed by atoms with Gasteiger partial charge in [0.25, 0.3) is 0 Å². The highest BCUT2D eigenvalue weighted by molar-refractivity contribution is 6.31. The first-order chi connectivity index (χ1) is 10.6. The predicted octanol–water partition coefficient (Wildman–Crippen LogP) is 3.42. The first-order valence-corrected chi connectivity index (χ1v) is 8.33. The number of piperazine rings is 1. The fraction of sp³-hybridized carbons (Fsp3) is 0.588. The Morgan fingerprint density at radius 2 is 2.13 bits per heavy atom. The Bertz CT molecular complexity index is 600. The summed E-state index contributed by atoms with van der Waals surface area (Å²) in [6.45, 7) is 10.8. The van der Waals surface area contributed by atoms with Gasteiger partial charge in [-0.25, -0.2) is 4.48 Å². The van der Waals surface area contributed by atoms with Crippen LogP contribution in [0, 0.1) is 0 Å². The average molecular weight is 341 g/mol. The molecule has 0 spiro atoms. The standard InChI is InChI=1S/C17H26ClN3O2/c1-12-10-20(11-13-5-6-14(19)9-15(13)18)7-8-21(12,16(22)23)17(2,3)4/h5-6,9,12H,7-8,10-11,19H2,1-4H3/p+1/t12-,21?/m0/s1. The number of rotatable bonds is 2.